The fourth-order valence-electron chi connectivity index (χ4n) is 0.538. The molecule has 0 aliphatic rings. The summed E-state index contributed by atoms with van der Waals surface area (Å²) >= 11 is 0. The van der Waals surface area contributed by atoms with Crippen molar-refractivity contribution in [2.45, 2.75) is 32.7 Å². The van der Waals surface area contributed by atoms with Crippen LogP contribution in [-0.4, -0.2) is 11.8 Å². The van der Waals surface area contributed by atoms with E-state index in [1.807, 2.05) is 0 Å². The van der Waals surface area contributed by atoms with Gasteiger partial charge in [-0.3, -0.25) is 4.79 Å². The molecule has 0 rings (SSSR count). The maximum absolute atomic E-state index is 10.8. The lowest BCUT2D eigenvalue weighted by Crippen LogP contribution is -2.26. The first kappa shape index (κ1) is 9.19. The van der Waals surface area contributed by atoms with Crippen LogP contribution in [0.4, 0.5) is 0 Å². The highest BCUT2D eigenvalue weighted by atomic mass is 16.1. The lowest BCUT2D eigenvalue weighted by atomic mass is 10.1. The average molecular weight is 139 g/mol. The van der Waals surface area contributed by atoms with E-state index in [1.54, 1.807) is 13.8 Å². The van der Waals surface area contributed by atoms with Gasteiger partial charge in [0.25, 0.3) is 0 Å². The number of carbonyl (C=O) groups is 1. The molecule has 1 unspecified atom stereocenters. The zero-order chi connectivity index (χ0) is 7.98. The maximum Gasteiger partial charge on any atom is 0.150 e. The summed E-state index contributed by atoms with van der Waals surface area (Å²) in [5, 5.41) is 0. The summed E-state index contributed by atoms with van der Waals surface area (Å²) in [5.74, 6) is 5.61. The van der Waals surface area contributed by atoms with Crippen molar-refractivity contribution in [2.75, 3.05) is 0 Å². The van der Waals surface area contributed by atoms with Crippen molar-refractivity contribution in [1.82, 2.24) is 0 Å². The maximum atomic E-state index is 10.8. The third-order valence-corrected chi connectivity index (χ3v) is 1.18. The topological polar surface area (TPSA) is 43.1 Å². The molecule has 0 aromatic heterocycles. The Labute approximate surface area is 61.8 Å². The minimum atomic E-state index is -0.335. The second-order valence-electron chi connectivity index (χ2n) is 2.18. The third-order valence-electron chi connectivity index (χ3n) is 1.18. The van der Waals surface area contributed by atoms with E-state index in [-0.39, 0.29) is 11.8 Å². The molecule has 0 saturated heterocycles. The summed E-state index contributed by atoms with van der Waals surface area (Å²) in [4.78, 5) is 10.8. The van der Waals surface area contributed by atoms with E-state index < -0.39 is 0 Å². The van der Waals surface area contributed by atoms with Gasteiger partial charge in [-0.05, 0) is 13.8 Å². The molecule has 0 saturated carbocycles. The average Bonchev–Trinajstić information content (AvgIpc) is 1.88. The van der Waals surface area contributed by atoms with Crippen LogP contribution in [0, 0.1) is 11.8 Å². The van der Waals surface area contributed by atoms with Gasteiger partial charge in [-0.25, -0.2) is 0 Å². The minimum absolute atomic E-state index is 0.0859. The van der Waals surface area contributed by atoms with Crippen molar-refractivity contribution in [3.63, 3.8) is 0 Å². The Bertz CT molecular complexity index is 162. The minimum Gasteiger partial charge on any atom is -0.322 e. The number of nitrogens with two attached hydrogens (primary N) is 1. The quantitative estimate of drug-likeness (QED) is 0.585. The van der Waals surface area contributed by atoms with Crippen LogP contribution >= 0.6 is 0 Å². The molecule has 0 amide bonds. The van der Waals surface area contributed by atoms with Crippen LogP contribution in [0.3, 0.4) is 0 Å². The zero-order valence-electron chi connectivity index (χ0n) is 6.48. The van der Waals surface area contributed by atoms with Gasteiger partial charge in [0.05, 0.1) is 6.04 Å². The summed E-state index contributed by atoms with van der Waals surface area (Å²) in [6.45, 7) is 3.46. The van der Waals surface area contributed by atoms with Crippen LogP contribution in [0.5, 0.6) is 0 Å². The Morgan fingerprint density at radius 2 is 2.30 bits per heavy atom. The van der Waals surface area contributed by atoms with E-state index in [9.17, 15) is 4.79 Å². The standard InChI is InChI=1S/C8H13NO/c1-3-4-5-6-8(10)7(2)9/h7H,5-6,9H2,1-2H3. The largest absolute Gasteiger partial charge is 0.322 e. The summed E-state index contributed by atoms with van der Waals surface area (Å²) in [6.07, 6.45) is 1.12. The fraction of sp³-hybridized carbons (Fsp3) is 0.625. The van der Waals surface area contributed by atoms with Crippen LogP contribution in [0.2, 0.25) is 0 Å². The fourth-order valence-corrected chi connectivity index (χ4v) is 0.538. The molecule has 10 heavy (non-hydrogen) atoms. The molecular weight excluding hydrogens is 126 g/mol. The van der Waals surface area contributed by atoms with Gasteiger partial charge in [0.2, 0.25) is 0 Å². The molecule has 0 radical (unpaired) electrons. The van der Waals surface area contributed by atoms with Gasteiger partial charge in [0.15, 0.2) is 0 Å². The van der Waals surface area contributed by atoms with E-state index in [0.717, 1.165) is 0 Å². The summed E-state index contributed by atoms with van der Waals surface area (Å²) in [5.41, 5.74) is 5.32. The van der Waals surface area contributed by atoms with Crippen LogP contribution in [0.25, 0.3) is 0 Å². The van der Waals surface area contributed by atoms with Crippen molar-refractivity contribution in [1.29, 1.82) is 0 Å². The van der Waals surface area contributed by atoms with Gasteiger partial charge in [0, 0.05) is 12.8 Å². The highest BCUT2D eigenvalue weighted by Gasteiger charge is 2.04. The van der Waals surface area contributed by atoms with E-state index in [1.165, 1.54) is 0 Å². The molecule has 0 aromatic carbocycles. The number of hydrogen-bond donors (Lipinski definition) is 1. The monoisotopic (exact) mass is 139 g/mol. The van der Waals surface area contributed by atoms with Gasteiger partial charge in [0.1, 0.15) is 5.78 Å². The summed E-state index contributed by atoms with van der Waals surface area (Å²) in [6, 6.07) is -0.335. The second kappa shape index (κ2) is 5.01. The summed E-state index contributed by atoms with van der Waals surface area (Å²) in [7, 11) is 0. The SMILES string of the molecule is CC#CCCC(=O)C(C)N. The molecule has 0 fully saturated rings. The van der Waals surface area contributed by atoms with Crippen molar-refractivity contribution in [2.24, 2.45) is 5.73 Å². The van der Waals surface area contributed by atoms with Crippen LogP contribution in [-0.2, 0) is 4.79 Å². The van der Waals surface area contributed by atoms with Crippen molar-refractivity contribution >= 4 is 5.78 Å². The highest BCUT2D eigenvalue weighted by molar-refractivity contribution is 5.83. The third kappa shape index (κ3) is 4.11. The molecule has 0 heterocycles. The van der Waals surface area contributed by atoms with E-state index in [4.69, 9.17) is 5.73 Å². The van der Waals surface area contributed by atoms with E-state index in [2.05, 4.69) is 11.8 Å². The number of Topliss-reactive ketones (excluding diaryl/α,β-unsaturated/α-hetero) is 1. The molecule has 2 nitrogen and oxygen atoms in total. The molecule has 0 spiro atoms. The molecule has 0 aliphatic carbocycles. The Morgan fingerprint density at radius 3 is 2.70 bits per heavy atom. The van der Waals surface area contributed by atoms with Gasteiger partial charge in [-0.2, -0.15) is 0 Å². The first-order valence-electron chi connectivity index (χ1n) is 3.36. The molecule has 56 valence electrons. The first-order valence-corrected chi connectivity index (χ1v) is 3.36. The first-order chi connectivity index (χ1) is 4.68. The lowest BCUT2D eigenvalue weighted by molar-refractivity contribution is -0.119. The van der Waals surface area contributed by atoms with Crippen molar-refractivity contribution in [3.05, 3.63) is 0 Å². The molecular formula is C8H13NO. The molecule has 2 N–H and O–H groups in total. The predicted octanol–water partition coefficient (Wildman–Crippen LogP) is 0.706. The predicted molar refractivity (Wildman–Crippen MR) is 41.3 cm³/mol. The van der Waals surface area contributed by atoms with Crippen LogP contribution in [0.15, 0.2) is 0 Å². The highest BCUT2D eigenvalue weighted by Crippen LogP contribution is 1.91. The van der Waals surface area contributed by atoms with Gasteiger partial charge < -0.3 is 5.73 Å². The smallest absolute Gasteiger partial charge is 0.150 e. The molecule has 0 bridgehead atoms. The van der Waals surface area contributed by atoms with Crippen LogP contribution in [0.1, 0.15) is 26.7 Å². The number of hydrogen-bond acceptors (Lipinski definition) is 2. The van der Waals surface area contributed by atoms with Crippen LogP contribution < -0.4 is 5.73 Å². The van der Waals surface area contributed by atoms with E-state index in [0.29, 0.717) is 12.8 Å². The lowest BCUT2D eigenvalue weighted by Gasteiger charge is -1.99. The second-order valence-corrected chi connectivity index (χ2v) is 2.18. The zero-order valence-corrected chi connectivity index (χ0v) is 6.48. The Morgan fingerprint density at radius 1 is 1.70 bits per heavy atom. The van der Waals surface area contributed by atoms with E-state index >= 15 is 0 Å². The number of rotatable bonds is 3. The molecule has 0 aliphatic heterocycles. The summed E-state index contributed by atoms with van der Waals surface area (Å²) < 4.78 is 0. The number of carbonyl (C=O) groups excluding carboxylic acids is 1. The Hall–Kier alpha value is -0.810. The normalized spacial score (nSPS) is 11.5. The number of ketones is 1. The Kier molecular flexibility index (Phi) is 4.61. The van der Waals surface area contributed by atoms with Gasteiger partial charge in [-0.1, -0.05) is 0 Å². The van der Waals surface area contributed by atoms with Gasteiger partial charge in [-0.15, -0.1) is 11.8 Å². The van der Waals surface area contributed by atoms with Crippen molar-refractivity contribution < 1.29 is 4.79 Å². The van der Waals surface area contributed by atoms with Crippen molar-refractivity contribution in [3.8, 4) is 11.8 Å². The molecule has 2 heteroatoms. The van der Waals surface area contributed by atoms with Gasteiger partial charge >= 0.3 is 0 Å². The molecule has 0 aromatic rings. The molecule has 1 atom stereocenters. The Balaban J connectivity index is 3.47.